The molecule has 0 heterocycles. The van der Waals surface area contributed by atoms with Crippen LogP contribution in [0.15, 0.2) is 0 Å². The van der Waals surface area contributed by atoms with E-state index in [1.165, 1.54) is 38.5 Å². The standard InChI is InChI=1S/C10H20.C8H16.2H2O/c1-7-5-6-8(2)10(4)9(7)3;1-7-3-5-8(2)6-4-7;;/h7-10H,5-6H2,1-4H3;7-8H,3-6H2,1-2H3;2*1H2. The lowest BCUT2D eigenvalue weighted by molar-refractivity contribution is 0.137. The van der Waals surface area contributed by atoms with Gasteiger partial charge in [-0.15, -0.1) is 0 Å². The Hall–Kier alpha value is -0.0800. The monoisotopic (exact) mass is 288 g/mol. The Balaban J connectivity index is 0. The van der Waals surface area contributed by atoms with Crippen molar-refractivity contribution in [2.24, 2.45) is 35.5 Å². The summed E-state index contributed by atoms with van der Waals surface area (Å²) in [5.74, 6) is 5.86. The third kappa shape index (κ3) is 7.08. The minimum Gasteiger partial charge on any atom is -0.412 e. The van der Waals surface area contributed by atoms with Crippen LogP contribution in [0, 0.1) is 35.5 Å². The fourth-order valence-electron chi connectivity index (χ4n) is 3.51. The van der Waals surface area contributed by atoms with Crippen molar-refractivity contribution in [3.05, 3.63) is 0 Å². The Morgan fingerprint density at radius 2 is 0.700 bits per heavy atom. The summed E-state index contributed by atoms with van der Waals surface area (Å²) in [5.41, 5.74) is 0. The maximum absolute atomic E-state index is 2.41. The van der Waals surface area contributed by atoms with Gasteiger partial charge < -0.3 is 11.0 Å². The van der Waals surface area contributed by atoms with Gasteiger partial charge in [0.2, 0.25) is 0 Å². The van der Waals surface area contributed by atoms with E-state index in [1.807, 2.05) is 0 Å². The van der Waals surface area contributed by atoms with Crippen LogP contribution in [-0.2, 0) is 0 Å². The van der Waals surface area contributed by atoms with Crippen LogP contribution in [0.25, 0.3) is 0 Å². The fraction of sp³-hybridized carbons (Fsp3) is 1.00. The van der Waals surface area contributed by atoms with Crippen LogP contribution in [0.1, 0.15) is 80.1 Å². The largest absolute Gasteiger partial charge is 0.412 e. The Morgan fingerprint density at radius 3 is 0.950 bits per heavy atom. The Labute approximate surface area is 127 Å². The van der Waals surface area contributed by atoms with Gasteiger partial charge in [-0.2, -0.15) is 0 Å². The summed E-state index contributed by atoms with van der Waals surface area (Å²) in [7, 11) is 0. The predicted octanol–water partition coefficient (Wildman–Crippen LogP) is 4.51. The van der Waals surface area contributed by atoms with E-state index in [2.05, 4.69) is 41.5 Å². The zero-order chi connectivity index (χ0) is 13.7. The van der Waals surface area contributed by atoms with E-state index in [9.17, 15) is 0 Å². The Bertz CT molecular complexity index is 197. The molecule has 0 bridgehead atoms. The first kappa shape index (κ1) is 22.2. The van der Waals surface area contributed by atoms with E-state index >= 15 is 0 Å². The van der Waals surface area contributed by atoms with Gasteiger partial charge in [-0.25, -0.2) is 0 Å². The second-order valence-corrected chi connectivity index (χ2v) is 7.62. The van der Waals surface area contributed by atoms with Gasteiger partial charge in [0.1, 0.15) is 0 Å². The second-order valence-electron chi connectivity index (χ2n) is 7.62. The highest BCUT2D eigenvalue weighted by Crippen LogP contribution is 2.37. The molecule has 4 atom stereocenters. The van der Waals surface area contributed by atoms with E-state index in [4.69, 9.17) is 0 Å². The third-order valence-corrected chi connectivity index (χ3v) is 6.01. The summed E-state index contributed by atoms with van der Waals surface area (Å²) in [6.45, 7) is 14.3. The number of rotatable bonds is 0. The maximum Gasteiger partial charge on any atom is -0.0389 e. The molecule has 2 fully saturated rings. The third-order valence-electron chi connectivity index (χ3n) is 6.01. The summed E-state index contributed by atoms with van der Waals surface area (Å²) in [4.78, 5) is 0. The highest BCUT2D eigenvalue weighted by Gasteiger charge is 2.28. The molecule has 4 N–H and O–H groups in total. The van der Waals surface area contributed by atoms with Crippen molar-refractivity contribution >= 4 is 0 Å². The van der Waals surface area contributed by atoms with Gasteiger partial charge in [0, 0.05) is 0 Å². The van der Waals surface area contributed by atoms with Crippen molar-refractivity contribution < 1.29 is 11.0 Å². The first-order valence-electron chi connectivity index (χ1n) is 8.41. The summed E-state index contributed by atoms with van der Waals surface area (Å²) in [6, 6.07) is 0. The molecule has 0 spiro atoms. The lowest BCUT2D eigenvalue weighted by atomic mass is 9.69. The molecule has 2 nitrogen and oxygen atoms in total. The topological polar surface area (TPSA) is 63.0 Å². The molecular weight excluding hydrogens is 248 g/mol. The van der Waals surface area contributed by atoms with Gasteiger partial charge in [0.25, 0.3) is 0 Å². The van der Waals surface area contributed by atoms with Gasteiger partial charge in [-0.3, -0.25) is 0 Å². The van der Waals surface area contributed by atoms with Crippen molar-refractivity contribution in [1.29, 1.82) is 0 Å². The SMILES string of the molecule is CC1CCC(C)C(C)C1C.CC1CCC(C)CC1.O.O. The van der Waals surface area contributed by atoms with E-state index in [-0.39, 0.29) is 11.0 Å². The zero-order valence-electron chi connectivity index (χ0n) is 14.7. The molecule has 2 heteroatoms. The van der Waals surface area contributed by atoms with Crippen LogP contribution in [0.3, 0.4) is 0 Å². The smallest absolute Gasteiger partial charge is 0.0389 e. The van der Waals surface area contributed by atoms with Crippen molar-refractivity contribution in [1.82, 2.24) is 0 Å². The fourth-order valence-corrected chi connectivity index (χ4v) is 3.51. The summed E-state index contributed by atoms with van der Waals surface area (Å²) in [6.07, 6.45) is 8.80. The molecule has 0 amide bonds. The van der Waals surface area contributed by atoms with Crippen LogP contribution in [-0.4, -0.2) is 11.0 Å². The molecule has 0 aliphatic heterocycles. The average molecular weight is 289 g/mol. The first-order valence-corrected chi connectivity index (χ1v) is 8.41. The van der Waals surface area contributed by atoms with Crippen LogP contribution >= 0.6 is 0 Å². The molecule has 2 aliphatic rings. The van der Waals surface area contributed by atoms with Crippen LogP contribution < -0.4 is 0 Å². The zero-order valence-corrected chi connectivity index (χ0v) is 14.7. The molecule has 0 saturated heterocycles. The Morgan fingerprint density at radius 1 is 0.450 bits per heavy atom. The number of hydrogen-bond acceptors (Lipinski definition) is 0. The number of hydrogen-bond donors (Lipinski definition) is 0. The maximum atomic E-state index is 2.41. The van der Waals surface area contributed by atoms with Crippen molar-refractivity contribution in [3.63, 3.8) is 0 Å². The van der Waals surface area contributed by atoms with Gasteiger partial charge in [-0.1, -0.05) is 80.1 Å². The molecule has 124 valence electrons. The molecule has 0 aromatic rings. The molecule has 0 aromatic heterocycles. The highest BCUT2D eigenvalue weighted by atomic mass is 16.0. The lowest BCUT2D eigenvalue weighted by Crippen LogP contribution is -2.27. The molecule has 2 rings (SSSR count). The first-order chi connectivity index (χ1) is 8.41. The second kappa shape index (κ2) is 10.6. The quantitative estimate of drug-likeness (QED) is 0.629. The molecule has 20 heavy (non-hydrogen) atoms. The molecule has 0 radical (unpaired) electrons. The predicted molar refractivity (Wildman–Crippen MR) is 89.9 cm³/mol. The molecule has 2 saturated carbocycles. The normalized spacial score (nSPS) is 40.5. The molecule has 0 aromatic carbocycles. The van der Waals surface area contributed by atoms with Crippen molar-refractivity contribution in [2.45, 2.75) is 80.1 Å². The Kier molecular flexibility index (Phi) is 11.8. The molecule has 2 aliphatic carbocycles. The van der Waals surface area contributed by atoms with Crippen LogP contribution in [0.2, 0.25) is 0 Å². The van der Waals surface area contributed by atoms with Gasteiger partial charge >= 0.3 is 0 Å². The van der Waals surface area contributed by atoms with E-state index in [0.717, 1.165) is 35.5 Å². The molecule has 4 unspecified atom stereocenters. The van der Waals surface area contributed by atoms with E-state index in [1.54, 1.807) is 0 Å². The average Bonchev–Trinajstić information content (AvgIpc) is 2.36. The molecular formula is C18H40O2. The van der Waals surface area contributed by atoms with Crippen LogP contribution in [0.5, 0.6) is 0 Å². The highest BCUT2D eigenvalue weighted by molar-refractivity contribution is 4.78. The van der Waals surface area contributed by atoms with E-state index < -0.39 is 0 Å². The lowest BCUT2D eigenvalue weighted by Gasteiger charge is -2.36. The minimum atomic E-state index is 0. The minimum absolute atomic E-state index is 0. The van der Waals surface area contributed by atoms with Gasteiger partial charge in [0.15, 0.2) is 0 Å². The van der Waals surface area contributed by atoms with Crippen molar-refractivity contribution in [2.75, 3.05) is 0 Å². The van der Waals surface area contributed by atoms with Crippen LogP contribution in [0.4, 0.5) is 0 Å². The van der Waals surface area contributed by atoms with Gasteiger partial charge in [0.05, 0.1) is 0 Å². The van der Waals surface area contributed by atoms with Gasteiger partial charge in [-0.05, 0) is 35.5 Å². The summed E-state index contributed by atoms with van der Waals surface area (Å²) < 4.78 is 0. The summed E-state index contributed by atoms with van der Waals surface area (Å²) in [5, 5.41) is 0. The van der Waals surface area contributed by atoms with E-state index in [0.29, 0.717) is 0 Å². The van der Waals surface area contributed by atoms with Crippen molar-refractivity contribution in [3.8, 4) is 0 Å². The summed E-state index contributed by atoms with van der Waals surface area (Å²) >= 11 is 0.